The van der Waals surface area contributed by atoms with Crippen LogP contribution in [0.25, 0.3) is 0 Å². The molecule has 0 aromatic carbocycles. The topological polar surface area (TPSA) is 15.3 Å². The maximum absolute atomic E-state index is 2.95. The van der Waals surface area contributed by atoms with Crippen molar-refractivity contribution < 1.29 is 0 Å². The maximum Gasteiger partial charge on any atom is 0.00846 e. The predicted octanol–water partition coefficient (Wildman–Crippen LogP) is 0.586. The molecule has 0 unspecified atom stereocenters. The Balaban J connectivity index is 2.97. The SMILES string of the molecule is CC=CNN(C)C. The standard InChI is InChI=1S/C5H12N2/c1-4-5-6-7(2)3/h4-6H,1-3H3. The number of nitrogens with one attached hydrogen (secondary N) is 1. The number of allylic oxidation sites excluding steroid dienone is 1. The van der Waals surface area contributed by atoms with Gasteiger partial charge in [0, 0.05) is 20.3 Å². The molecule has 0 radical (unpaired) electrons. The highest BCUT2D eigenvalue weighted by molar-refractivity contribution is 4.70. The molecule has 0 amide bonds. The van der Waals surface area contributed by atoms with Crippen molar-refractivity contribution in [3.8, 4) is 0 Å². The second-order valence-electron chi connectivity index (χ2n) is 1.52. The molecule has 1 N–H and O–H groups in total. The second-order valence-corrected chi connectivity index (χ2v) is 1.52. The van der Waals surface area contributed by atoms with Gasteiger partial charge in [0.25, 0.3) is 0 Å². The molecule has 0 rings (SSSR count). The Kier molecular flexibility index (Phi) is 3.42. The lowest BCUT2D eigenvalue weighted by atomic mass is 10.7. The Hall–Kier alpha value is -0.500. The third-order valence-electron chi connectivity index (χ3n) is 0.499. The van der Waals surface area contributed by atoms with Gasteiger partial charge in [-0.05, 0) is 6.92 Å². The zero-order valence-electron chi connectivity index (χ0n) is 5.10. The zero-order chi connectivity index (χ0) is 5.70. The molecular formula is C5H12N2. The van der Waals surface area contributed by atoms with E-state index in [2.05, 4.69) is 5.43 Å². The van der Waals surface area contributed by atoms with Crippen LogP contribution in [0.1, 0.15) is 6.92 Å². The van der Waals surface area contributed by atoms with Crippen molar-refractivity contribution in [3.05, 3.63) is 12.3 Å². The van der Waals surface area contributed by atoms with Gasteiger partial charge in [0.2, 0.25) is 0 Å². The molecule has 0 aliphatic heterocycles. The van der Waals surface area contributed by atoms with Crippen LogP contribution in [-0.4, -0.2) is 19.1 Å². The monoisotopic (exact) mass is 100 g/mol. The van der Waals surface area contributed by atoms with Gasteiger partial charge in [-0.25, -0.2) is 5.01 Å². The summed E-state index contributed by atoms with van der Waals surface area (Å²) in [5, 5.41) is 1.88. The minimum absolute atomic E-state index is 1.88. The van der Waals surface area contributed by atoms with E-state index in [0.29, 0.717) is 0 Å². The summed E-state index contributed by atoms with van der Waals surface area (Å²) in [4.78, 5) is 0. The average Bonchev–Trinajstić information content (AvgIpc) is 1.61. The summed E-state index contributed by atoms with van der Waals surface area (Å²) in [5.74, 6) is 0. The van der Waals surface area contributed by atoms with E-state index < -0.39 is 0 Å². The van der Waals surface area contributed by atoms with Gasteiger partial charge in [0.05, 0.1) is 0 Å². The zero-order valence-corrected chi connectivity index (χ0v) is 5.10. The van der Waals surface area contributed by atoms with Gasteiger partial charge in [-0.1, -0.05) is 6.08 Å². The second kappa shape index (κ2) is 3.68. The highest BCUT2D eigenvalue weighted by Gasteiger charge is 1.72. The van der Waals surface area contributed by atoms with E-state index in [-0.39, 0.29) is 0 Å². The minimum atomic E-state index is 1.88. The molecule has 0 bridgehead atoms. The molecule has 0 heterocycles. The average molecular weight is 100 g/mol. The number of hydrogen-bond acceptors (Lipinski definition) is 2. The predicted molar refractivity (Wildman–Crippen MR) is 31.6 cm³/mol. The van der Waals surface area contributed by atoms with Gasteiger partial charge in [-0.15, -0.1) is 0 Å². The molecular weight excluding hydrogens is 88.1 g/mol. The Morgan fingerprint density at radius 2 is 2.00 bits per heavy atom. The number of rotatable bonds is 2. The third kappa shape index (κ3) is 5.50. The summed E-state index contributed by atoms with van der Waals surface area (Å²) in [5.41, 5.74) is 2.95. The van der Waals surface area contributed by atoms with Crippen LogP contribution in [0.15, 0.2) is 12.3 Å². The van der Waals surface area contributed by atoms with Gasteiger partial charge < -0.3 is 5.43 Å². The van der Waals surface area contributed by atoms with Gasteiger partial charge in [0.1, 0.15) is 0 Å². The molecule has 2 nitrogen and oxygen atoms in total. The van der Waals surface area contributed by atoms with Crippen LogP contribution in [0, 0.1) is 0 Å². The van der Waals surface area contributed by atoms with E-state index in [4.69, 9.17) is 0 Å². The Labute approximate surface area is 44.8 Å². The molecule has 2 heteroatoms. The summed E-state index contributed by atoms with van der Waals surface area (Å²) in [6.07, 6.45) is 3.82. The van der Waals surface area contributed by atoms with Gasteiger partial charge in [-0.3, -0.25) is 0 Å². The van der Waals surface area contributed by atoms with Gasteiger partial charge in [-0.2, -0.15) is 0 Å². The highest BCUT2D eigenvalue weighted by Crippen LogP contribution is 1.63. The van der Waals surface area contributed by atoms with Crippen LogP contribution in [0.3, 0.4) is 0 Å². The molecule has 0 spiro atoms. The third-order valence-corrected chi connectivity index (χ3v) is 0.499. The molecule has 42 valence electrons. The minimum Gasteiger partial charge on any atom is -0.327 e. The van der Waals surface area contributed by atoms with Crippen LogP contribution < -0.4 is 5.43 Å². The quantitative estimate of drug-likeness (QED) is 0.511. The fraction of sp³-hybridized carbons (Fsp3) is 0.600. The molecule has 0 atom stereocenters. The van der Waals surface area contributed by atoms with E-state index in [9.17, 15) is 0 Å². The first-order valence-electron chi connectivity index (χ1n) is 2.32. The van der Waals surface area contributed by atoms with E-state index in [0.717, 1.165) is 0 Å². The Morgan fingerprint density at radius 1 is 1.43 bits per heavy atom. The van der Waals surface area contributed by atoms with E-state index >= 15 is 0 Å². The van der Waals surface area contributed by atoms with Crippen molar-refractivity contribution in [3.63, 3.8) is 0 Å². The lowest BCUT2D eigenvalue weighted by molar-refractivity contribution is 0.342. The molecule has 0 aromatic rings. The van der Waals surface area contributed by atoms with Crippen molar-refractivity contribution in [2.24, 2.45) is 0 Å². The molecule has 0 saturated carbocycles. The first kappa shape index (κ1) is 6.50. The van der Waals surface area contributed by atoms with Crippen molar-refractivity contribution >= 4 is 0 Å². The Morgan fingerprint density at radius 3 is 2.14 bits per heavy atom. The van der Waals surface area contributed by atoms with Crippen LogP contribution in [-0.2, 0) is 0 Å². The summed E-state index contributed by atoms with van der Waals surface area (Å²) in [6, 6.07) is 0. The number of hydrazine groups is 1. The van der Waals surface area contributed by atoms with Gasteiger partial charge in [0.15, 0.2) is 0 Å². The number of nitrogens with zero attached hydrogens (tertiary/aromatic N) is 1. The molecule has 7 heavy (non-hydrogen) atoms. The van der Waals surface area contributed by atoms with Crippen LogP contribution in [0.2, 0.25) is 0 Å². The molecule has 0 saturated heterocycles. The fourth-order valence-corrected chi connectivity index (χ4v) is 0.224. The van der Waals surface area contributed by atoms with Crippen LogP contribution in [0.4, 0.5) is 0 Å². The molecule has 0 aromatic heterocycles. The fourth-order valence-electron chi connectivity index (χ4n) is 0.224. The number of hydrogen-bond donors (Lipinski definition) is 1. The highest BCUT2D eigenvalue weighted by atomic mass is 15.5. The lowest BCUT2D eigenvalue weighted by Crippen LogP contribution is -2.24. The summed E-state index contributed by atoms with van der Waals surface area (Å²) in [6.45, 7) is 1.97. The maximum atomic E-state index is 2.95. The van der Waals surface area contributed by atoms with Crippen molar-refractivity contribution in [1.29, 1.82) is 0 Å². The van der Waals surface area contributed by atoms with Crippen molar-refractivity contribution in [2.75, 3.05) is 14.1 Å². The summed E-state index contributed by atoms with van der Waals surface area (Å²) < 4.78 is 0. The largest absolute Gasteiger partial charge is 0.327 e. The molecule has 0 fully saturated rings. The van der Waals surface area contributed by atoms with Crippen LogP contribution >= 0.6 is 0 Å². The van der Waals surface area contributed by atoms with E-state index in [1.807, 2.05) is 38.3 Å². The van der Waals surface area contributed by atoms with Crippen molar-refractivity contribution in [1.82, 2.24) is 10.4 Å². The normalized spacial score (nSPS) is 10.9. The van der Waals surface area contributed by atoms with E-state index in [1.54, 1.807) is 0 Å². The summed E-state index contributed by atoms with van der Waals surface area (Å²) >= 11 is 0. The van der Waals surface area contributed by atoms with E-state index in [1.165, 1.54) is 0 Å². The van der Waals surface area contributed by atoms with Crippen LogP contribution in [0.5, 0.6) is 0 Å². The first-order valence-corrected chi connectivity index (χ1v) is 2.32. The first-order chi connectivity index (χ1) is 3.27. The van der Waals surface area contributed by atoms with Gasteiger partial charge >= 0.3 is 0 Å². The molecule has 0 aliphatic rings. The smallest absolute Gasteiger partial charge is 0.00846 e. The summed E-state index contributed by atoms with van der Waals surface area (Å²) in [7, 11) is 3.89. The van der Waals surface area contributed by atoms with Crippen molar-refractivity contribution in [2.45, 2.75) is 6.92 Å². The Bertz CT molecular complexity index is 57.1. The molecule has 0 aliphatic carbocycles. The lowest BCUT2D eigenvalue weighted by Gasteiger charge is -2.06.